The van der Waals surface area contributed by atoms with Crippen molar-refractivity contribution in [2.45, 2.75) is 38.3 Å². The fourth-order valence-corrected chi connectivity index (χ4v) is 1.72. The van der Waals surface area contributed by atoms with Crippen LogP contribution >= 0.6 is 11.9 Å². The molecule has 1 rings (SSSR count). The number of carbonyl (C=O) groups is 1. The lowest BCUT2D eigenvalue weighted by molar-refractivity contribution is 0.0524. The Morgan fingerprint density at radius 1 is 1.50 bits per heavy atom. The molecule has 6 heteroatoms. The standard InChI is InChI=1S/C10H17N3O2S/c1-6-5-13(8(16-12)7(6)11)9(14)15-10(2,3)4/h5H,11-12H2,1-4H3. The first-order valence-corrected chi connectivity index (χ1v) is 5.71. The number of nitrogen functional groups attached to an aromatic ring is 1. The number of nitrogens with zero attached hydrogens (tertiary/aromatic N) is 1. The molecule has 90 valence electrons. The van der Waals surface area contributed by atoms with Crippen molar-refractivity contribution >= 4 is 23.7 Å². The van der Waals surface area contributed by atoms with Gasteiger partial charge in [-0.15, -0.1) is 0 Å². The van der Waals surface area contributed by atoms with Crippen LogP contribution in [0.1, 0.15) is 26.3 Å². The van der Waals surface area contributed by atoms with Crippen molar-refractivity contribution in [3.05, 3.63) is 11.8 Å². The summed E-state index contributed by atoms with van der Waals surface area (Å²) in [5.41, 5.74) is 6.56. The van der Waals surface area contributed by atoms with Crippen LogP contribution < -0.4 is 10.9 Å². The Labute approximate surface area is 99.3 Å². The maximum Gasteiger partial charge on any atom is 0.419 e. The van der Waals surface area contributed by atoms with E-state index in [0.29, 0.717) is 10.7 Å². The molecule has 0 unspecified atom stereocenters. The van der Waals surface area contributed by atoms with Crippen molar-refractivity contribution in [1.82, 2.24) is 4.57 Å². The number of aromatic nitrogens is 1. The van der Waals surface area contributed by atoms with Crippen LogP contribution in [0.25, 0.3) is 0 Å². The van der Waals surface area contributed by atoms with E-state index >= 15 is 0 Å². The number of hydrogen-bond acceptors (Lipinski definition) is 5. The minimum atomic E-state index is -0.541. The number of nitrogens with two attached hydrogens (primary N) is 2. The SMILES string of the molecule is Cc1cn(C(=O)OC(C)(C)C)c(SN)c1N. The molecule has 5 nitrogen and oxygen atoms in total. The van der Waals surface area contributed by atoms with Crippen LogP contribution in [-0.4, -0.2) is 16.3 Å². The van der Waals surface area contributed by atoms with E-state index in [2.05, 4.69) is 0 Å². The average molecular weight is 243 g/mol. The van der Waals surface area contributed by atoms with E-state index in [1.54, 1.807) is 27.0 Å². The first-order valence-electron chi connectivity index (χ1n) is 4.83. The maximum atomic E-state index is 11.8. The predicted octanol–water partition coefficient (Wildman–Crippen LogP) is 2.13. The summed E-state index contributed by atoms with van der Waals surface area (Å²) in [4.78, 5) is 11.8. The fourth-order valence-electron chi connectivity index (χ4n) is 1.19. The van der Waals surface area contributed by atoms with Crippen molar-refractivity contribution in [3.63, 3.8) is 0 Å². The van der Waals surface area contributed by atoms with E-state index in [0.717, 1.165) is 17.5 Å². The van der Waals surface area contributed by atoms with Gasteiger partial charge in [-0.3, -0.25) is 5.14 Å². The van der Waals surface area contributed by atoms with Crippen molar-refractivity contribution in [1.29, 1.82) is 0 Å². The zero-order valence-electron chi connectivity index (χ0n) is 9.90. The topological polar surface area (TPSA) is 83.3 Å². The van der Waals surface area contributed by atoms with E-state index in [9.17, 15) is 4.79 Å². The van der Waals surface area contributed by atoms with Crippen LogP contribution in [-0.2, 0) is 4.74 Å². The molecule has 0 atom stereocenters. The Kier molecular flexibility index (Phi) is 3.54. The van der Waals surface area contributed by atoms with Gasteiger partial charge in [0.1, 0.15) is 10.6 Å². The number of aryl methyl sites for hydroxylation is 1. The highest BCUT2D eigenvalue weighted by Gasteiger charge is 2.21. The minimum absolute atomic E-state index is 0.472. The van der Waals surface area contributed by atoms with Crippen molar-refractivity contribution in [3.8, 4) is 0 Å². The summed E-state index contributed by atoms with van der Waals surface area (Å²) in [5, 5.41) is 5.98. The van der Waals surface area contributed by atoms with Gasteiger partial charge in [-0.05, 0) is 45.2 Å². The highest BCUT2D eigenvalue weighted by Crippen LogP contribution is 2.27. The third-order valence-electron chi connectivity index (χ3n) is 1.90. The number of hydrogen-bond donors (Lipinski definition) is 2. The Morgan fingerprint density at radius 3 is 2.50 bits per heavy atom. The van der Waals surface area contributed by atoms with Crippen molar-refractivity contribution < 1.29 is 9.53 Å². The zero-order chi connectivity index (χ0) is 12.5. The lowest BCUT2D eigenvalue weighted by atomic mass is 10.2. The van der Waals surface area contributed by atoms with Gasteiger partial charge in [0, 0.05) is 6.20 Å². The van der Waals surface area contributed by atoms with Gasteiger partial charge in [-0.25, -0.2) is 9.36 Å². The summed E-state index contributed by atoms with van der Waals surface area (Å²) in [6, 6.07) is 0. The Hall–Kier alpha value is -1.14. The van der Waals surface area contributed by atoms with E-state index in [1.165, 1.54) is 4.57 Å². The molecular formula is C10H17N3O2S. The molecule has 0 aliphatic carbocycles. The smallest absolute Gasteiger partial charge is 0.419 e. The second kappa shape index (κ2) is 4.39. The second-order valence-corrected chi connectivity index (χ2v) is 5.12. The van der Waals surface area contributed by atoms with E-state index in [4.69, 9.17) is 15.6 Å². The lowest BCUT2D eigenvalue weighted by Crippen LogP contribution is -2.27. The largest absolute Gasteiger partial charge is 0.443 e. The second-order valence-electron chi connectivity index (χ2n) is 4.50. The summed E-state index contributed by atoms with van der Waals surface area (Å²) in [5.74, 6) is 0. The summed E-state index contributed by atoms with van der Waals surface area (Å²) >= 11 is 0.934. The van der Waals surface area contributed by atoms with Crippen LogP contribution in [0.3, 0.4) is 0 Å². The van der Waals surface area contributed by atoms with Crippen LogP contribution in [0.4, 0.5) is 10.5 Å². The van der Waals surface area contributed by atoms with Crippen molar-refractivity contribution in [2.75, 3.05) is 5.73 Å². The zero-order valence-corrected chi connectivity index (χ0v) is 10.7. The van der Waals surface area contributed by atoms with E-state index in [-0.39, 0.29) is 0 Å². The average Bonchev–Trinajstić information content (AvgIpc) is 2.40. The van der Waals surface area contributed by atoms with E-state index in [1.807, 2.05) is 6.92 Å². The van der Waals surface area contributed by atoms with Crippen LogP contribution in [0.2, 0.25) is 0 Å². The molecule has 0 fully saturated rings. The highest BCUT2D eigenvalue weighted by molar-refractivity contribution is 7.97. The summed E-state index contributed by atoms with van der Waals surface area (Å²) < 4.78 is 6.57. The molecular weight excluding hydrogens is 226 g/mol. The molecule has 1 aromatic rings. The van der Waals surface area contributed by atoms with Gasteiger partial charge in [0.15, 0.2) is 0 Å². The predicted molar refractivity (Wildman–Crippen MR) is 65.3 cm³/mol. The Bertz CT molecular complexity index is 407. The molecule has 1 aromatic heterocycles. The highest BCUT2D eigenvalue weighted by atomic mass is 32.2. The number of anilines is 1. The molecule has 16 heavy (non-hydrogen) atoms. The summed E-state index contributed by atoms with van der Waals surface area (Å²) in [6.07, 6.45) is 1.15. The van der Waals surface area contributed by atoms with Gasteiger partial charge in [-0.2, -0.15) is 0 Å². The lowest BCUT2D eigenvalue weighted by Gasteiger charge is -2.20. The third-order valence-corrected chi connectivity index (χ3v) is 2.54. The molecule has 0 saturated carbocycles. The quantitative estimate of drug-likeness (QED) is 0.738. The molecule has 0 aliphatic heterocycles. The monoisotopic (exact) mass is 243 g/mol. The molecule has 4 N–H and O–H groups in total. The van der Waals surface area contributed by atoms with Crippen LogP contribution in [0.15, 0.2) is 11.2 Å². The maximum absolute atomic E-state index is 11.8. The first kappa shape index (κ1) is 12.9. The third kappa shape index (κ3) is 2.70. The van der Waals surface area contributed by atoms with Gasteiger partial charge < -0.3 is 10.5 Å². The molecule has 0 spiro atoms. The molecule has 0 amide bonds. The van der Waals surface area contributed by atoms with Crippen molar-refractivity contribution in [2.24, 2.45) is 5.14 Å². The first-order chi connectivity index (χ1) is 7.26. The normalized spacial score (nSPS) is 11.6. The molecule has 0 bridgehead atoms. The van der Waals surface area contributed by atoms with E-state index < -0.39 is 11.7 Å². The fraction of sp³-hybridized carbons (Fsp3) is 0.500. The molecule has 0 aromatic carbocycles. The van der Waals surface area contributed by atoms with Gasteiger partial charge in [0.25, 0.3) is 0 Å². The number of carbonyl (C=O) groups excluding carboxylic acids is 1. The molecule has 1 heterocycles. The molecule has 0 radical (unpaired) electrons. The number of rotatable bonds is 1. The van der Waals surface area contributed by atoms with Crippen LogP contribution in [0, 0.1) is 6.92 Å². The Balaban J connectivity index is 3.05. The summed E-state index contributed by atoms with van der Waals surface area (Å²) in [7, 11) is 0. The van der Waals surface area contributed by atoms with Crippen LogP contribution in [0.5, 0.6) is 0 Å². The van der Waals surface area contributed by atoms with Gasteiger partial charge in [0.05, 0.1) is 5.69 Å². The van der Waals surface area contributed by atoms with Gasteiger partial charge >= 0.3 is 6.09 Å². The van der Waals surface area contributed by atoms with Gasteiger partial charge in [0.2, 0.25) is 0 Å². The Morgan fingerprint density at radius 2 is 2.06 bits per heavy atom. The minimum Gasteiger partial charge on any atom is -0.443 e. The summed E-state index contributed by atoms with van der Waals surface area (Å²) in [6.45, 7) is 7.23. The molecule has 0 saturated heterocycles. The molecule has 0 aliphatic rings. The number of ether oxygens (including phenoxy) is 1. The van der Waals surface area contributed by atoms with Gasteiger partial charge in [-0.1, -0.05) is 0 Å².